The maximum absolute atomic E-state index is 5.73. The largest absolute Gasteiger partial charge is 0.496 e. The molecular formula is C26H39O2P. The monoisotopic (exact) mass is 414 g/mol. The summed E-state index contributed by atoms with van der Waals surface area (Å²) in [7, 11) is 3.32. The molecule has 0 radical (unpaired) electrons. The van der Waals surface area contributed by atoms with Crippen LogP contribution in [-0.2, 0) is 0 Å². The van der Waals surface area contributed by atoms with Gasteiger partial charge in [-0.15, -0.1) is 0 Å². The zero-order valence-corrected chi connectivity index (χ0v) is 19.8. The second kappa shape index (κ2) is 13.6. The molecule has 0 fully saturated rings. The Morgan fingerprint density at radius 1 is 0.655 bits per heavy atom. The lowest BCUT2D eigenvalue weighted by atomic mass is 10.0. The lowest BCUT2D eigenvalue weighted by molar-refractivity contribution is 0.397. The predicted molar refractivity (Wildman–Crippen MR) is 130 cm³/mol. The molecule has 0 aliphatic rings. The SMILES string of the molecule is CCCCCCP(CCCCCC)c1ccccc1-c1c(OC)cccc1OC. The molecule has 29 heavy (non-hydrogen) atoms. The van der Waals surface area contributed by atoms with E-state index >= 15 is 0 Å². The third-order valence-electron chi connectivity index (χ3n) is 5.51. The molecule has 3 heteroatoms. The van der Waals surface area contributed by atoms with Crippen LogP contribution >= 0.6 is 7.92 Å². The first-order valence-electron chi connectivity index (χ1n) is 11.3. The number of rotatable bonds is 14. The van der Waals surface area contributed by atoms with Crippen LogP contribution in [0, 0.1) is 0 Å². The average Bonchev–Trinajstić information content (AvgIpc) is 2.77. The van der Waals surface area contributed by atoms with Gasteiger partial charge in [0.15, 0.2) is 0 Å². The zero-order chi connectivity index (χ0) is 20.9. The number of unbranched alkanes of at least 4 members (excludes halogenated alkanes) is 6. The average molecular weight is 415 g/mol. The molecule has 2 aromatic rings. The lowest BCUT2D eigenvalue weighted by Crippen LogP contribution is -2.11. The molecule has 2 rings (SSSR count). The first kappa shape index (κ1) is 23.7. The topological polar surface area (TPSA) is 18.5 Å². The highest BCUT2D eigenvalue weighted by molar-refractivity contribution is 7.65. The standard InChI is InChI=1S/C26H39O2P/c1-5-7-9-13-20-29(21-14-10-8-6-2)25-19-12-11-16-22(25)26-23(27-3)17-15-18-24(26)28-4/h11-12,15-19H,5-10,13-14,20-21H2,1-4H3. The predicted octanol–water partition coefficient (Wildman–Crippen LogP) is 7.64. The number of methoxy groups -OCH3 is 2. The lowest BCUT2D eigenvalue weighted by Gasteiger charge is -2.23. The van der Waals surface area contributed by atoms with Gasteiger partial charge in [-0.3, -0.25) is 0 Å². The molecule has 0 atom stereocenters. The van der Waals surface area contributed by atoms with E-state index in [9.17, 15) is 0 Å². The molecule has 2 nitrogen and oxygen atoms in total. The van der Waals surface area contributed by atoms with Crippen LogP contribution < -0.4 is 14.8 Å². The van der Waals surface area contributed by atoms with Gasteiger partial charge < -0.3 is 9.47 Å². The third-order valence-corrected chi connectivity index (χ3v) is 8.29. The molecule has 0 unspecified atom stereocenters. The first-order chi connectivity index (χ1) is 14.3. The van der Waals surface area contributed by atoms with Gasteiger partial charge in [0.25, 0.3) is 0 Å². The summed E-state index contributed by atoms with van der Waals surface area (Å²) >= 11 is 0. The van der Waals surface area contributed by atoms with Crippen molar-refractivity contribution in [2.75, 3.05) is 26.5 Å². The van der Waals surface area contributed by atoms with E-state index in [4.69, 9.17) is 9.47 Å². The van der Waals surface area contributed by atoms with E-state index in [1.165, 1.54) is 74.6 Å². The van der Waals surface area contributed by atoms with Gasteiger partial charge in [0.2, 0.25) is 0 Å². The van der Waals surface area contributed by atoms with Gasteiger partial charge in [0.05, 0.1) is 19.8 Å². The van der Waals surface area contributed by atoms with Crippen molar-refractivity contribution >= 4 is 13.2 Å². The summed E-state index contributed by atoms with van der Waals surface area (Å²) in [4.78, 5) is 0. The molecule has 0 heterocycles. The van der Waals surface area contributed by atoms with Gasteiger partial charge in [-0.25, -0.2) is 0 Å². The van der Waals surface area contributed by atoms with Crippen LogP contribution in [0.1, 0.15) is 65.2 Å². The minimum absolute atomic E-state index is 0.179. The van der Waals surface area contributed by atoms with Crippen molar-refractivity contribution in [3.05, 3.63) is 42.5 Å². The smallest absolute Gasteiger partial charge is 0.130 e. The molecule has 0 bridgehead atoms. The van der Waals surface area contributed by atoms with E-state index in [0.717, 1.165) is 17.1 Å². The van der Waals surface area contributed by atoms with Crippen molar-refractivity contribution in [1.82, 2.24) is 0 Å². The van der Waals surface area contributed by atoms with Gasteiger partial charge in [0.1, 0.15) is 11.5 Å². The van der Waals surface area contributed by atoms with Gasteiger partial charge in [-0.05, 0) is 48.2 Å². The van der Waals surface area contributed by atoms with Crippen molar-refractivity contribution < 1.29 is 9.47 Å². The summed E-state index contributed by atoms with van der Waals surface area (Å²) in [6.07, 6.45) is 13.3. The van der Waals surface area contributed by atoms with Gasteiger partial charge >= 0.3 is 0 Å². The fraction of sp³-hybridized carbons (Fsp3) is 0.538. The summed E-state index contributed by atoms with van der Waals surface area (Å²) in [6.45, 7) is 4.58. The summed E-state index contributed by atoms with van der Waals surface area (Å²) in [5, 5.41) is 1.51. The van der Waals surface area contributed by atoms with Crippen molar-refractivity contribution in [2.45, 2.75) is 65.2 Å². The van der Waals surface area contributed by atoms with Crippen LogP contribution in [0.2, 0.25) is 0 Å². The fourth-order valence-corrected chi connectivity index (χ4v) is 6.63. The molecule has 160 valence electrons. The van der Waals surface area contributed by atoms with E-state index in [0.29, 0.717) is 0 Å². The molecule has 2 aromatic carbocycles. The minimum atomic E-state index is -0.179. The Labute approximate surface area is 179 Å². The highest BCUT2D eigenvalue weighted by Crippen LogP contribution is 2.45. The first-order valence-corrected chi connectivity index (χ1v) is 13.0. The van der Waals surface area contributed by atoms with Crippen molar-refractivity contribution in [3.63, 3.8) is 0 Å². The molecule has 0 aliphatic carbocycles. The normalized spacial score (nSPS) is 11.1. The van der Waals surface area contributed by atoms with Crippen molar-refractivity contribution in [2.24, 2.45) is 0 Å². The molecule has 0 saturated carbocycles. The summed E-state index contributed by atoms with van der Waals surface area (Å²) in [5.74, 6) is 1.78. The maximum atomic E-state index is 5.73. The van der Waals surface area contributed by atoms with Gasteiger partial charge in [0, 0.05) is 0 Å². The Balaban J connectivity index is 2.37. The quantitative estimate of drug-likeness (QED) is 0.234. The van der Waals surface area contributed by atoms with Crippen LogP contribution in [0.4, 0.5) is 0 Å². The molecule has 0 amide bonds. The van der Waals surface area contributed by atoms with E-state index in [1.807, 2.05) is 18.2 Å². The Hall–Kier alpha value is -1.53. The van der Waals surface area contributed by atoms with E-state index in [1.54, 1.807) is 14.2 Å². The Morgan fingerprint density at radius 3 is 1.72 bits per heavy atom. The zero-order valence-electron chi connectivity index (χ0n) is 18.9. The number of benzene rings is 2. The second-order valence-corrected chi connectivity index (χ2v) is 10.1. The van der Waals surface area contributed by atoms with Crippen LogP contribution in [-0.4, -0.2) is 26.5 Å². The van der Waals surface area contributed by atoms with Crippen molar-refractivity contribution in [1.29, 1.82) is 0 Å². The number of ether oxygens (including phenoxy) is 2. The van der Waals surface area contributed by atoms with E-state index in [-0.39, 0.29) is 7.92 Å². The molecule has 0 spiro atoms. The molecule has 0 saturated heterocycles. The van der Waals surface area contributed by atoms with Crippen LogP contribution in [0.5, 0.6) is 11.5 Å². The molecular weight excluding hydrogens is 375 g/mol. The molecule has 0 N–H and O–H groups in total. The third kappa shape index (κ3) is 7.03. The minimum Gasteiger partial charge on any atom is -0.496 e. The molecule has 0 aromatic heterocycles. The second-order valence-electron chi connectivity index (χ2n) is 7.66. The highest BCUT2D eigenvalue weighted by Gasteiger charge is 2.20. The molecule has 0 aliphatic heterocycles. The number of hydrogen-bond donors (Lipinski definition) is 0. The Bertz CT molecular complexity index is 679. The van der Waals surface area contributed by atoms with Crippen LogP contribution in [0.3, 0.4) is 0 Å². The van der Waals surface area contributed by atoms with Gasteiger partial charge in [-0.2, -0.15) is 0 Å². The summed E-state index contributed by atoms with van der Waals surface area (Å²) in [5.41, 5.74) is 2.39. The number of hydrogen-bond acceptors (Lipinski definition) is 2. The summed E-state index contributed by atoms with van der Waals surface area (Å²) in [6, 6.07) is 15.0. The maximum Gasteiger partial charge on any atom is 0.130 e. The van der Waals surface area contributed by atoms with Crippen molar-refractivity contribution in [3.8, 4) is 22.6 Å². The summed E-state index contributed by atoms with van der Waals surface area (Å²) < 4.78 is 11.5. The van der Waals surface area contributed by atoms with E-state index in [2.05, 4.69) is 38.1 Å². The van der Waals surface area contributed by atoms with E-state index < -0.39 is 0 Å². The Kier molecular flexibility index (Phi) is 11.2. The Morgan fingerprint density at radius 2 is 1.21 bits per heavy atom. The van der Waals surface area contributed by atoms with Crippen LogP contribution in [0.25, 0.3) is 11.1 Å². The fourth-order valence-electron chi connectivity index (χ4n) is 3.89. The van der Waals surface area contributed by atoms with Gasteiger partial charge in [-0.1, -0.05) is 90.6 Å². The van der Waals surface area contributed by atoms with Crippen LogP contribution in [0.15, 0.2) is 42.5 Å². The highest BCUT2D eigenvalue weighted by atomic mass is 31.1.